The Bertz CT molecular complexity index is 1260. The first kappa shape index (κ1) is 21.2. The van der Waals surface area contributed by atoms with Crippen LogP contribution >= 0.6 is 0 Å². The molecule has 7 nitrogen and oxygen atoms in total. The van der Waals surface area contributed by atoms with E-state index < -0.39 is 0 Å². The molecule has 33 heavy (non-hydrogen) atoms. The number of hydrogen-bond acceptors (Lipinski definition) is 4. The second-order valence-corrected chi connectivity index (χ2v) is 9.23. The number of pyridine rings is 1. The minimum atomic E-state index is -0.341. The van der Waals surface area contributed by atoms with Crippen LogP contribution in [-0.4, -0.2) is 39.4 Å². The first-order valence-corrected chi connectivity index (χ1v) is 11.6. The van der Waals surface area contributed by atoms with E-state index in [4.69, 9.17) is 5.26 Å². The van der Waals surface area contributed by atoms with Crippen molar-refractivity contribution in [2.75, 3.05) is 18.4 Å². The molecule has 0 bridgehead atoms. The number of carbonyl (C=O) groups is 2. The molecule has 1 aromatic carbocycles. The SMILES string of the molecule is Cn1cc(C2CCN(C(=O)CC3CC3)CC2)c2cc(NC(=O)c3cc(C#N)ccn3)ccc21. The molecule has 3 aromatic rings. The molecule has 3 heterocycles. The zero-order valence-electron chi connectivity index (χ0n) is 18.8. The van der Waals surface area contributed by atoms with Crippen molar-refractivity contribution >= 4 is 28.4 Å². The van der Waals surface area contributed by atoms with Crippen LogP contribution in [0.3, 0.4) is 0 Å². The zero-order valence-corrected chi connectivity index (χ0v) is 18.8. The van der Waals surface area contributed by atoms with Gasteiger partial charge in [0.15, 0.2) is 0 Å². The number of aromatic nitrogens is 2. The normalized spacial score (nSPS) is 16.5. The first-order valence-electron chi connectivity index (χ1n) is 11.6. The van der Waals surface area contributed by atoms with E-state index in [1.165, 1.54) is 30.7 Å². The Morgan fingerprint density at radius 2 is 1.94 bits per heavy atom. The van der Waals surface area contributed by atoms with E-state index in [-0.39, 0.29) is 11.6 Å². The standard InChI is InChI=1S/C26H27N5O2/c1-30-16-22(19-7-10-31(11-8-19)25(32)13-17-2-3-17)21-14-20(4-5-24(21)30)29-26(33)23-12-18(15-27)6-9-28-23/h4-6,9,12,14,16-17,19H,2-3,7-8,10-11,13H2,1H3,(H,29,33). The zero-order chi connectivity index (χ0) is 22.9. The topological polar surface area (TPSA) is 91.0 Å². The van der Waals surface area contributed by atoms with Crippen LogP contribution in [0.5, 0.6) is 0 Å². The highest BCUT2D eigenvalue weighted by Crippen LogP contribution is 2.37. The summed E-state index contributed by atoms with van der Waals surface area (Å²) in [6.07, 6.45) is 8.68. The van der Waals surface area contributed by atoms with Gasteiger partial charge in [-0.2, -0.15) is 5.26 Å². The maximum absolute atomic E-state index is 12.7. The molecule has 5 rings (SSSR count). The number of nitriles is 1. The van der Waals surface area contributed by atoms with Gasteiger partial charge in [0.25, 0.3) is 5.91 Å². The Kier molecular flexibility index (Phi) is 5.59. The summed E-state index contributed by atoms with van der Waals surface area (Å²) >= 11 is 0. The lowest BCUT2D eigenvalue weighted by Crippen LogP contribution is -2.38. The third kappa shape index (κ3) is 4.47. The van der Waals surface area contributed by atoms with Gasteiger partial charge in [0.2, 0.25) is 5.91 Å². The maximum atomic E-state index is 12.7. The Labute approximate surface area is 193 Å². The fraction of sp³-hybridized carbons (Fsp3) is 0.385. The summed E-state index contributed by atoms with van der Waals surface area (Å²) in [7, 11) is 2.04. The van der Waals surface area contributed by atoms with Crippen LogP contribution < -0.4 is 5.32 Å². The molecule has 0 radical (unpaired) electrons. The highest BCUT2D eigenvalue weighted by atomic mass is 16.2. The molecule has 2 fully saturated rings. The third-order valence-electron chi connectivity index (χ3n) is 6.85. The summed E-state index contributed by atoms with van der Waals surface area (Å²) < 4.78 is 2.12. The van der Waals surface area contributed by atoms with Crippen LogP contribution in [0.25, 0.3) is 10.9 Å². The van der Waals surface area contributed by atoms with Gasteiger partial charge < -0.3 is 14.8 Å². The van der Waals surface area contributed by atoms with Crippen LogP contribution in [0.4, 0.5) is 5.69 Å². The van der Waals surface area contributed by atoms with Gasteiger partial charge in [-0.25, -0.2) is 0 Å². The van der Waals surface area contributed by atoms with Crippen molar-refractivity contribution in [1.82, 2.24) is 14.5 Å². The van der Waals surface area contributed by atoms with Crippen LogP contribution in [0, 0.1) is 17.2 Å². The Balaban J connectivity index is 1.33. The van der Waals surface area contributed by atoms with Gasteiger partial charge in [-0.05, 0) is 73.4 Å². The summed E-state index contributed by atoms with van der Waals surface area (Å²) in [5, 5.41) is 13.1. The number of fused-ring (bicyclic) bond motifs is 1. The molecular formula is C26H27N5O2. The number of benzene rings is 1. The van der Waals surface area contributed by atoms with E-state index in [0.717, 1.165) is 36.8 Å². The van der Waals surface area contributed by atoms with Crippen molar-refractivity contribution in [2.24, 2.45) is 13.0 Å². The smallest absolute Gasteiger partial charge is 0.274 e. The number of hydrogen-bond donors (Lipinski definition) is 1. The molecule has 1 saturated carbocycles. The quantitative estimate of drug-likeness (QED) is 0.642. The van der Waals surface area contributed by atoms with Crippen molar-refractivity contribution < 1.29 is 9.59 Å². The minimum Gasteiger partial charge on any atom is -0.350 e. The Hall–Kier alpha value is -3.66. The van der Waals surface area contributed by atoms with Gasteiger partial charge in [-0.3, -0.25) is 14.6 Å². The van der Waals surface area contributed by atoms with E-state index >= 15 is 0 Å². The van der Waals surface area contributed by atoms with Crippen molar-refractivity contribution in [1.29, 1.82) is 5.26 Å². The number of aryl methyl sites for hydroxylation is 1. The largest absolute Gasteiger partial charge is 0.350 e. The average molecular weight is 442 g/mol. The fourth-order valence-corrected chi connectivity index (χ4v) is 4.78. The predicted octanol–water partition coefficient (Wildman–Crippen LogP) is 4.20. The van der Waals surface area contributed by atoms with Gasteiger partial charge in [0.1, 0.15) is 5.69 Å². The van der Waals surface area contributed by atoms with Crippen LogP contribution in [0.2, 0.25) is 0 Å². The van der Waals surface area contributed by atoms with Crippen molar-refractivity contribution in [3.8, 4) is 6.07 Å². The number of amides is 2. The molecule has 0 spiro atoms. The molecule has 7 heteroatoms. The van der Waals surface area contributed by atoms with E-state index in [0.29, 0.717) is 35.4 Å². The molecule has 0 unspecified atom stereocenters. The molecule has 168 valence electrons. The highest BCUT2D eigenvalue weighted by molar-refractivity contribution is 6.04. The van der Waals surface area contributed by atoms with E-state index in [9.17, 15) is 9.59 Å². The van der Waals surface area contributed by atoms with E-state index in [1.807, 2.05) is 36.2 Å². The number of anilines is 1. The number of piperidine rings is 1. The number of nitrogens with zero attached hydrogens (tertiary/aromatic N) is 4. The van der Waals surface area contributed by atoms with Gasteiger partial charge in [-0.15, -0.1) is 0 Å². The van der Waals surface area contributed by atoms with Crippen molar-refractivity contribution in [3.63, 3.8) is 0 Å². The highest BCUT2D eigenvalue weighted by Gasteiger charge is 2.30. The minimum absolute atomic E-state index is 0.214. The number of nitrogens with one attached hydrogen (secondary N) is 1. The number of rotatable bonds is 5. The van der Waals surface area contributed by atoms with Gasteiger partial charge >= 0.3 is 0 Å². The summed E-state index contributed by atoms with van der Waals surface area (Å²) in [4.78, 5) is 31.3. The Morgan fingerprint density at radius 3 is 2.67 bits per heavy atom. The average Bonchev–Trinajstić information content (AvgIpc) is 3.60. The Morgan fingerprint density at radius 1 is 1.15 bits per heavy atom. The summed E-state index contributed by atoms with van der Waals surface area (Å²) in [5.74, 6) is 0.984. The second kappa shape index (κ2) is 8.70. The monoisotopic (exact) mass is 441 g/mol. The molecule has 2 amide bonds. The molecule has 1 aliphatic heterocycles. The van der Waals surface area contributed by atoms with E-state index in [2.05, 4.69) is 21.1 Å². The lowest BCUT2D eigenvalue weighted by Gasteiger charge is -2.32. The van der Waals surface area contributed by atoms with Gasteiger partial charge in [0, 0.05) is 55.5 Å². The number of carbonyl (C=O) groups excluding carboxylic acids is 2. The summed E-state index contributed by atoms with van der Waals surface area (Å²) in [6, 6.07) is 11.0. The molecule has 1 N–H and O–H groups in total. The lowest BCUT2D eigenvalue weighted by molar-refractivity contribution is -0.132. The fourth-order valence-electron chi connectivity index (χ4n) is 4.78. The maximum Gasteiger partial charge on any atom is 0.274 e. The molecule has 1 saturated heterocycles. The van der Waals surface area contributed by atoms with Gasteiger partial charge in [-0.1, -0.05) is 0 Å². The first-order chi connectivity index (χ1) is 16.0. The third-order valence-corrected chi connectivity index (χ3v) is 6.85. The second-order valence-electron chi connectivity index (χ2n) is 9.23. The molecule has 0 atom stereocenters. The predicted molar refractivity (Wildman–Crippen MR) is 126 cm³/mol. The molecule has 1 aliphatic carbocycles. The molecular weight excluding hydrogens is 414 g/mol. The summed E-state index contributed by atoms with van der Waals surface area (Å²) in [6.45, 7) is 1.62. The van der Waals surface area contributed by atoms with Crippen LogP contribution in [0.1, 0.15) is 59.6 Å². The molecule has 2 aliphatic rings. The van der Waals surface area contributed by atoms with Crippen molar-refractivity contribution in [3.05, 3.63) is 59.5 Å². The van der Waals surface area contributed by atoms with Crippen LogP contribution in [-0.2, 0) is 11.8 Å². The van der Waals surface area contributed by atoms with E-state index in [1.54, 1.807) is 6.07 Å². The van der Waals surface area contributed by atoms with Gasteiger partial charge in [0.05, 0.1) is 11.6 Å². The van der Waals surface area contributed by atoms with Crippen molar-refractivity contribution in [2.45, 2.75) is 38.0 Å². The summed E-state index contributed by atoms with van der Waals surface area (Å²) in [5.41, 5.74) is 3.69. The number of likely N-dealkylation sites (tertiary alicyclic amines) is 1. The van der Waals surface area contributed by atoms with Crippen LogP contribution in [0.15, 0.2) is 42.7 Å². The lowest BCUT2D eigenvalue weighted by atomic mass is 9.89. The molecule has 2 aromatic heterocycles.